The number of unbranched alkanes of at least 4 members (excludes halogenated alkanes) is 31. The van der Waals surface area contributed by atoms with Crippen molar-refractivity contribution < 1.29 is 58.2 Å². The Kier molecular flexibility index (Phi) is 55.9. The number of carbonyl (C=O) groups excluding carboxylic acids is 3. The first kappa shape index (κ1) is 78.9. The number of aliphatic carboxylic acids is 1. The Morgan fingerprint density at radius 1 is 0.400 bits per heavy atom. The number of hydrogen-bond donors (Lipinski definition) is 3. The molecule has 6 atom stereocenters. The molecule has 0 amide bonds. The molecule has 0 aliphatic carbocycles. The number of allylic oxidation sites excluding steroid dienone is 14. The van der Waals surface area contributed by atoms with Crippen LogP contribution in [0.3, 0.4) is 0 Å². The Labute approximate surface area is 518 Å². The van der Waals surface area contributed by atoms with Crippen molar-refractivity contribution in [3.8, 4) is 0 Å². The molecule has 0 spiro atoms. The molecule has 1 aliphatic heterocycles. The highest BCUT2D eigenvalue weighted by Crippen LogP contribution is 2.27. The Balaban J connectivity index is 2.64. The minimum Gasteiger partial charge on any atom is -0.479 e. The van der Waals surface area contributed by atoms with E-state index >= 15 is 0 Å². The van der Waals surface area contributed by atoms with Crippen LogP contribution < -0.4 is 0 Å². The highest BCUT2D eigenvalue weighted by Gasteiger charge is 2.50. The first-order valence-corrected chi connectivity index (χ1v) is 34.6. The van der Waals surface area contributed by atoms with Gasteiger partial charge in [-0.1, -0.05) is 279 Å². The van der Waals surface area contributed by atoms with E-state index in [9.17, 15) is 34.5 Å². The maximum absolute atomic E-state index is 13.2. The van der Waals surface area contributed by atoms with Gasteiger partial charge in [0.1, 0.15) is 18.8 Å². The van der Waals surface area contributed by atoms with E-state index in [1.54, 1.807) is 0 Å². The van der Waals surface area contributed by atoms with Gasteiger partial charge >= 0.3 is 23.9 Å². The van der Waals surface area contributed by atoms with Gasteiger partial charge in [-0.05, 0) is 89.9 Å². The Bertz CT molecular complexity index is 1800. The normalized spacial score (nSPS) is 18.0. The van der Waals surface area contributed by atoms with E-state index in [-0.39, 0.29) is 25.9 Å². The molecular weight excluding hydrogens is 1070 g/mol. The maximum Gasteiger partial charge on any atom is 0.335 e. The van der Waals surface area contributed by atoms with Gasteiger partial charge in [-0.25, -0.2) is 4.79 Å². The summed E-state index contributed by atoms with van der Waals surface area (Å²) in [6.07, 6.45) is 66.8. The molecule has 12 nitrogen and oxygen atoms in total. The van der Waals surface area contributed by atoms with E-state index in [1.807, 2.05) is 0 Å². The molecule has 85 heavy (non-hydrogen) atoms. The van der Waals surface area contributed by atoms with Crippen molar-refractivity contribution in [2.24, 2.45) is 0 Å². The van der Waals surface area contributed by atoms with Crippen LogP contribution in [-0.2, 0) is 42.9 Å². The van der Waals surface area contributed by atoms with E-state index in [4.69, 9.17) is 23.7 Å². The molecule has 1 fully saturated rings. The molecule has 488 valence electrons. The lowest BCUT2D eigenvalue weighted by Gasteiger charge is -2.40. The summed E-state index contributed by atoms with van der Waals surface area (Å²) in [5.74, 6) is -3.13. The summed E-state index contributed by atoms with van der Waals surface area (Å²) in [7, 11) is 0. The molecule has 0 radical (unpaired) electrons. The predicted molar refractivity (Wildman–Crippen MR) is 349 cm³/mol. The van der Waals surface area contributed by atoms with Crippen molar-refractivity contribution in [2.75, 3.05) is 13.2 Å². The summed E-state index contributed by atoms with van der Waals surface area (Å²) < 4.78 is 28.6. The number of rotatable bonds is 59. The fraction of sp³-hybridized carbons (Fsp3) is 0.753. The van der Waals surface area contributed by atoms with Crippen LogP contribution in [0, 0.1) is 0 Å². The van der Waals surface area contributed by atoms with Crippen LogP contribution in [0.15, 0.2) is 85.1 Å². The zero-order valence-corrected chi connectivity index (χ0v) is 54.1. The number of aliphatic hydroxyl groups excluding tert-OH is 2. The summed E-state index contributed by atoms with van der Waals surface area (Å²) in [4.78, 5) is 51.5. The molecule has 1 aliphatic rings. The zero-order valence-electron chi connectivity index (χ0n) is 54.1. The third-order valence-electron chi connectivity index (χ3n) is 15.5. The van der Waals surface area contributed by atoms with Crippen LogP contribution in [0.25, 0.3) is 0 Å². The van der Waals surface area contributed by atoms with E-state index in [2.05, 4.69) is 106 Å². The number of ether oxygens (including phenoxy) is 5. The molecule has 1 saturated heterocycles. The van der Waals surface area contributed by atoms with Crippen LogP contribution in [0.5, 0.6) is 0 Å². The molecule has 0 aromatic rings. The van der Waals surface area contributed by atoms with Crippen molar-refractivity contribution in [3.05, 3.63) is 85.1 Å². The minimum absolute atomic E-state index is 0.0594. The number of carboxylic acids is 1. The summed E-state index contributed by atoms with van der Waals surface area (Å²) in [6, 6.07) is 0. The second-order valence-electron chi connectivity index (χ2n) is 23.4. The molecule has 1 heterocycles. The van der Waals surface area contributed by atoms with Crippen LogP contribution in [0.2, 0.25) is 0 Å². The maximum atomic E-state index is 13.2. The highest BCUT2D eigenvalue weighted by atomic mass is 16.7. The van der Waals surface area contributed by atoms with Crippen LogP contribution in [0.4, 0.5) is 0 Å². The van der Waals surface area contributed by atoms with Crippen LogP contribution in [-0.4, -0.2) is 89.2 Å². The monoisotopic (exact) mass is 1190 g/mol. The lowest BCUT2D eigenvalue weighted by atomic mass is 9.98. The average Bonchev–Trinajstić information content (AvgIpc) is 3.51. The van der Waals surface area contributed by atoms with Crippen molar-refractivity contribution in [3.63, 3.8) is 0 Å². The minimum atomic E-state index is -1.91. The van der Waals surface area contributed by atoms with Gasteiger partial charge in [0.2, 0.25) is 0 Å². The number of esters is 3. The average molecular weight is 1190 g/mol. The van der Waals surface area contributed by atoms with Crippen molar-refractivity contribution in [1.82, 2.24) is 0 Å². The number of aliphatic hydroxyl groups is 2. The molecule has 1 rings (SSSR count). The third kappa shape index (κ3) is 49.6. The molecule has 6 unspecified atom stereocenters. The third-order valence-corrected chi connectivity index (χ3v) is 15.5. The fourth-order valence-electron chi connectivity index (χ4n) is 10.3. The highest BCUT2D eigenvalue weighted by molar-refractivity contribution is 5.74. The van der Waals surface area contributed by atoms with Gasteiger partial charge in [-0.15, -0.1) is 0 Å². The fourth-order valence-corrected chi connectivity index (χ4v) is 10.3. The van der Waals surface area contributed by atoms with Gasteiger partial charge in [-0.3, -0.25) is 14.4 Å². The van der Waals surface area contributed by atoms with E-state index < -0.39 is 67.3 Å². The van der Waals surface area contributed by atoms with E-state index in [1.165, 1.54) is 89.9 Å². The second kappa shape index (κ2) is 60.2. The molecule has 0 bridgehead atoms. The second-order valence-corrected chi connectivity index (χ2v) is 23.4. The van der Waals surface area contributed by atoms with Crippen LogP contribution in [0.1, 0.15) is 303 Å². The lowest BCUT2D eigenvalue weighted by molar-refractivity contribution is -0.301. The Morgan fingerprint density at radius 2 is 0.741 bits per heavy atom. The van der Waals surface area contributed by atoms with Crippen molar-refractivity contribution in [1.29, 1.82) is 0 Å². The van der Waals surface area contributed by atoms with Crippen molar-refractivity contribution in [2.45, 2.75) is 340 Å². The molecule has 0 saturated carbocycles. The molecule has 12 heteroatoms. The predicted octanol–water partition coefficient (Wildman–Crippen LogP) is 19.0. The zero-order chi connectivity index (χ0) is 61.7. The Hall–Kier alpha value is -4.10. The van der Waals surface area contributed by atoms with Gasteiger partial charge in [0.15, 0.2) is 24.6 Å². The molecule has 0 aromatic carbocycles. The molecule has 3 N–H and O–H groups in total. The van der Waals surface area contributed by atoms with E-state index in [0.717, 1.165) is 154 Å². The van der Waals surface area contributed by atoms with Gasteiger partial charge in [0, 0.05) is 19.3 Å². The van der Waals surface area contributed by atoms with E-state index in [0.29, 0.717) is 19.3 Å². The smallest absolute Gasteiger partial charge is 0.335 e. The van der Waals surface area contributed by atoms with Gasteiger partial charge in [0.25, 0.3) is 0 Å². The Morgan fingerprint density at radius 3 is 1.13 bits per heavy atom. The first-order chi connectivity index (χ1) is 41.6. The van der Waals surface area contributed by atoms with Crippen molar-refractivity contribution >= 4 is 23.9 Å². The topological polar surface area (TPSA) is 175 Å². The van der Waals surface area contributed by atoms with Gasteiger partial charge < -0.3 is 39.0 Å². The SMILES string of the molecule is CC/C=C\C/C=C\C/C=C\C/C=C\CCCCCCCCC(=O)OCC(COC1OC(C(=O)O)C(O)C(O)C1OC(=O)CCCCCCCCCCCCCCCCCCCCC)OC(=O)CCCCCCCCC/C=C\C/C=C\C/C=C\CC. The summed E-state index contributed by atoms with van der Waals surface area (Å²) in [6.45, 7) is 5.80. The van der Waals surface area contributed by atoms with Gasteiger partial charge in [0.05, 0.1) is 6.61 Å². The standard InChI is InChI=1S/C73H124O12/c1-4-7-10-13-16-19-22-25-28-31-33-36-38-41-44-47-50-53-56-59-65(74)81-62-64(83-66(75)60-57-54-51-48-45-42-39-35-30-27-24-21-18-15-12-9-6-3)63-82-73-71(69(78)68(77)70(85-73)72(79)80)84-67(76)61-58-55-52-49-46-43-40-37-34-32-29-26-23-20-17-14-11-8-5-2/h7,9-10,12,16,18-19,21,25,27-28,30,33,36,64,68-71,73,77-78H,4-6,8,11,13-15,17,20,22-24,26,29,31-32,34-35,37-63H2,1-3H3,(H,79,80)/b10-7-,12-9-,19-16-,21-18-,28-25-,30-27-,36-33-. The van der Waals surface area contributed by atoms with Gasteiger partial charge in [-0.2, -0.15) is 0 Å². The summed E-state index contributed by atoms with van der Waals surface area (Å²) in [5, 5.41) is 31.7. The number of carbonyl (C=O) groups is 4. The molecular formula is C73H124O12. The number of carboxylic acid groups (broad SMARTS) is 1. The summed E-state index contributed by atoms with van der Waals surface area (Å²) >= 11 is 0. The quantitative estimate of drug-likeness (QED) is 0.0228. The lowest BCUT2D eigenvalue weighted by Crippen LogP contribution is -2.61. The van der Waals surface area contributed by atoms with Crippen LogP contribution >= 0.6 is 0 Å². The number of hydrogen-bond acceptors (Lipinski definition) is 11. The summed E-state index contributed by atoms with van der Waals surface area (Å²) in [5.41, 5.74) is 0. The first-order valence-electron chi connectivity index (χ1n) is 34.6. The molecule has 0 aromatic heterocycles. The largest absolute Gasteiger partial charge is 0.479 e.